The van der Waals surface area contributed by atoms with Gasteiger partial charge in [-0.05, 0) is 50.9 Å². The van der Waals surface area contributed by atoms with Crippen LogP contribution in [0.4, 0.5) is 13.2 Å². The molecule has 0 aliphatic carbocycles. The fraction of sp³-hybridized carbons (Fsp3) is 0.333. The van der Waals surface area contributed by atoms with Crippen LogP contribution in [0.5, 0.6) is 0 Å². The van der Waals surface area contributed by atoms with E-state index in [9.17, 15) is 13.2 Å². The van der Waals surface area contributed by atoms with Gasteiger partial charge in [0.25, 0.3) is 0 Å². The third-order valence-electron chi connectivity index (χ3n) is 2.25. The first-order chi connectivity index (χ1) is 7.24. The molecule has 1 aromatic carbocycles. The van der Waals surface area contributed by atoms with Crippen LogP contribution < -0.4 is 10.7 Å². The Labute approximate surface area is 106 Å². The standard InChI is InChI=1S/C9H5Br2F3N2/c1-8(9(12,13)14)15-6-4(10)2-3-5(11)7(6)16-8/h2-3H,1H3. The van der Waals surface area contributed by atoms with Gasteiger partial charge in [0.1, 0.15) is 10.7 Å². The topological polar surface area (TPSA) is 24.7 Å². The summed E-state index contributed by atoms with van der Waals surface area (Å²) in [6.07, 6.45) is -4.50. The lowest BCUT2D eigenvalue weighted by Crippen LogP contribution is -2.37. The van der Waals surface area contributed by atoms with Gasteiger partial charge in [-0.3, -0.25) is 0 Å². The lowest BCUT2D eigenvalue weighted by Gasteiger charge is -2.20. The molecule has 0 atom stereocenters. The Morgan fingerprint density at radius 1 is 1.06 bits per heavy atom. The minimum absolute atomic E-state index is 0.231. The van der Waals surface area contributed by atoms with E-state index in [0.717, 1.165) is 6.92 Å². The Hall–Kier alpha value is -0.430. The molecule has 0 aromatic heterocycles. The van der Waals surface area contributed by atoms with Crippen LogP contribution in [-0.4, -0.2) is 11.8 Å². The summed E-state index contributed by atoms with van der Waals surface area (Å²) in [6, 6.07) is 3.26. The van der Waals surface area contributed by atoms with E-state index >= 15 is 0 Å². The second kappa shape index (κ2) is 3.53. The van der Waals surface area contributed by atoms with E-state index in [1.807, 2.05) is 0 Å². The maximum Gasteiger partial charge on any atom is 0.433 e. The molecule has 1 aliphatic rings. The van der Waals surface area contributed by atoms with Crippen LogP contribution in [-0.2, 0) is 0 Å². The second-order valence-electron chi connectivity index (χ2n) is 3.47. The molecule has 2 rings (SSSR count). The molecule has 86 valence electrons. The number of alkyl halides is 3. The molecular formula is C9H5Br2F3N2. The Balaban J connectivity index is 2.79. The molecule has 1 heterocycles. The smallest absolute Gasteiger partial charge is 0.243 e. The van der Waals surface area contributed by atoms with Gasteiger partial charge in [-0.25, -0.2) is 9.98 Å². The van der Waals surface area contributed by atoms with E-state index in [2.05, 4.69) is 41.8 Å². The van der Waals surface area contributed by atoms with Crippen molar-refractivity contribution in [3.8, 4) is 0 Å². The molecule has 16 heavy (non-hydrogen) atoms. The van der Waals surface area contributed by atoms with Crippen molar-refractivity contribution in [1.82, 2.24) is 0 Å². The van der Waals surface area contributed by atoms with Crippen molar-refractivity contribution in [2.24, 2.45) is 9.98 Å². The highest BCUT2D eigenvalue weighted by Gasteiger charge is 2.53. The van der Waals surface area contributed by atoms with Crippen molar-refractivity contribution in [2.45, 2.75) is 18.8 Å². The van der Waals surface area contributed by atoms with Gasteiger partial charge >= 0.3 is 6.18 Å². The van der Waals surface area contributed by atoms with Crippen LogP contribution >= 0.6 is 31.9 Å². The van der Waals surface area contributed by atoms with Gasteiger partial charge in [0.05, 0.1) is 0 Å². The third kappa shape index (κ3) is 1.69. The third-order valence-corrected chi connectivity index (χ3v) is 3.53. The number of rotatable bonds is 0. The van der Waals surface area contributed by atoms with Gasteiger partial charge < -0.3 is 0 Å². The maximum absolute atomic E-state index is 12.8. The van der Waals surface area contributed by atoms with Crippen molar-refractivity contribution < 1.29 is 13.2 Å². The van der Waals surface area contributed by atoms with Gasteiger partial charge in [0, 0.05) is 8.95 Å². The Morgan fingerprint density at radius 3 is 1.75 bits per heavy atom. The summed E-state index contributed by atoms with van der Waals surface area (Å²) in [4.78, 5) is 7.29. The van der Waals surface area contributed by atoms with Crippen molar-refractivity contribution >= 4 is 31.9 Å². The number of benzene rings is 1. The summed E-state index contributed by atoms with van der Waals surface area (Å²) in [7, 11) is 0. The Bertz CT molecular complexity index is 524. The summed E-state index contributed by atoms with van der Waals surface area (Å²) in [5.74, 6) is 0. The van der Waals surface area contributed by atoms with Crippen molar-refractivity contribution in [1.29, 1.82) is 0 Å². The lowest BCUT2D eigenvalue weighted by molar-refractivity contribution is -0.177. The average molecular weight is 358 g/mol. The van der Waals surface area contributed by atoms with Crippen LogP contribution in [0, 0.1) is 0 Å². The summed E-state index contributed by atoms with van der Waals surface area (Å²) in [5.41, 5.74) is -2.39. The number of halogens is 5. The van der Waals surface area contributed by atoms with Gasteiger partial charge in [-0.2, -0.15) is 13.2 Å². The summed E-state index contributed by atoms with van der Waals surface area (Å²) in [6.45, 7) is 0.950. The molecular weight excluding hydrogens is 353 g/mol. The van der Waals surface area contributed by atoms with Crippen LogP contribution in [0.15, 0.2) is 31.1 Å². The van der Waals surface area contributed by atoms with E-state index in [1.165, 1.54) is 0 Å². The Kier molecular flexibility index (Phi) is 2.66. The normalized spacial score (nSPS) is 17.6. The molecule has 0 N–H and O–H groups in total. The van der Waals surface area contributed by atoms with Crippen molar-refractivity contribution in [3.05, 3.63) is 31.8 Å². The quantitative estimate of drug-likeness (QED) is 0.682. The molecule has 0 unspecified atom stereocenters. The zero-order valence-corrected chi connectivity index (χ0v) is 11.1. The van der Waals surface area contributed by atoms with Crippen molar-refractivity contribution in [2.75, 3.05) is 0 Å². The fourth-order valence-corrected chi connectivity index (χ4v) is 2.15. The molecule has 7 heteroatoms. The molecule has 2 nitrogen and oxygen atoms in total. The molecule has 1 aromatic rings. The average Bonchev–Trinajstić information content (AvgIpc) is 2.52. The number of nitrogens with zero attached hydrogens (tertiary/aromatic N) is 2. The molecule has 0 amide bonds. The van der Waals surface area contributed by atoms with E-state index in [0.29, 0.717) is 8.95 Å². The Morgan fingerprint density at radius 2 is 1.44 bits per heavy atom. The summed E-state index contributed by atoms with van der Waals surface area (Å²) >= 11 is 6.32. The van der Waals surface area contributed by atoms with Gasteiger partial charge in [-0.15, -0.1) is 0 Å². The maximum atomic E-state index is 12.8. The van der Waals surface area contributed by atoms with E-state index < -0.39 is 11.8 Å². The first kappa shape index (κ1) is 12.0. The van der Waals surface area contributed by atoms with Gasteiger partial charge in [0.2, 0.25) is 5.66 Å². The van der Waals surface area contributed by atoms with Crippen molar-refractivity contribution in [3.63, 3.8) is 0 Å². The van der Waals surface area contributed by atoms with Crippen LogP contribution in [0.25, 0.3) is 0 Å². The first-order valence-corrected chi connectivity index (χ1v) is 5.84. The number of hydrogen-bond donors (Lipinski definition) is 0. The SMILES string of the molecule is CC1(C(F)(F)F)N=c2c(Br)ccc(Br)c2=N1. The first-order valence-electron chi connectivity index (χ1n) is 4.25. The van der Waals surface area contributed by atoms with Crippen LogP contribution in [0.2, 0.25) is 0 Å². The highest BCUT2D eigenvalue weighted by molar-refractivity contribution is 9.11. The monoisotopic (exact) mass is 356 g/mol. The molecule has 0 saturated carbocycles. The van der Waals surface area contributed by atoms with Gasteiger partial charge in [-0.1, -0.05) is 0 Å². The van der Waals surface area contributed by atoms with Crippen LogP contribution in [0.1, 0.15) is 6.92 Å². The molecule has 1 aliphatic heterocycles. The summed E-state index contributed by atoms with van der Waals surface area (Å²) < 4.78 is 39.3. The second-order valence-corrected chi connectivity index (χ2v) is 5.18. The highest BCUT2D eigenvalue weighted by atomic mass is 79.9. The number of hydrogen-bond acceptors (Lipinski definition) is 2. The predicted molar refractivity (Wildman–Crippen MR) is 58.6 cm³/mol. The minimum atomic E-state index is -4.50. The summed E-state index contributed by atoms with van der Waals surface area (Å²) in [5, 5.41) is 0.461. The van der Waals surface area contributed by atoms with E-state index in [-0.39, 0.29) is 10.7 Å². The zero-order valence-electron chi connectivity index (χ0n) is 7.94. The molecule has 0 saturated heterocycles. The molecule has 0 fully saturated rings. The van der Waals surface area contributed by atoms with E-state index in [1.54, 1.807) is 12.1 Å². The fourth-order valence-electron chi connectivity index (χ4n) is 1.33. The minimum Gasteiger partial charge on any atom is -0.243 e. The highest BCUT2D eigenvalue weighted by Crippen LogP contribution is 2.35. The predicted octanol–water partition coefficient (Wildman–Crippen LogP) is 2.74. The largest absolute Gasteiger partial charge is 0.433 e. The molecule has 0 spiro atoms. The molecule has 0 bridgehead atoms. The van der Waals surface area contributed by atoms with Gasteiger partial charge in [0.15, 0.2) is 0 Å². The van der Waals surface area contributed by atoms with Crippen LogP contribution in [0.3, 0.4) is 0 Å². The van der Waals surface area contributed by atoms with E-state index in [4.69, 9.17) is 0 Å². The number of fused-ring (bicyclic) bond motifs is 1. The zero-order chi connectivity index (χ0) is 12.1. The lowest BCUT2D eigenvalue weighted by atomic mass is 10.2. The molecule has 0 radical (unpaired) electrons.